The highest BCUT2D eigenvalue weighted by Crippen LogP contribution is 2.29. The zero-order chi connectivity index (χ0) is 18.3. The molecule has 11 heteroatoms. The van der Waals surface area contributed by atoms with Crippen LogP contribution < -0.4 is 5.56 Å². The smallest absolute Gasteiger partial charge is 0.279 e. The van der Waals surface area contributed by atoms with E-state index in [0.29, 0.717) is 10.8 Å². The van der Waals surface area contributed by atoms with Crippen LogP contribution in [0.15, 0.2) is 34.2 Å². The Kier molecular flexibility index (Phi) is 4.98. The molecule has 0 unspecified atom stereocenters. The third kappa shape index (κ3) is 3.90. The number of alkyl halides is 3. The van der Waals surface area contributed by atoms with E-state index in [-0.39, 0.29) is 21.7 Å². The summed E-state index contributed by atoms with van der Waals surface area (Å²) in [5.41, 5.74) is -2.49. The molecule has 0 atom stereocenters. The van der Waals surface area contributed by atoms with Crippen molar-refractivity contribution in [1.82, 2.24) is 9.55 Å². The van der Waals surface area contributed by atoms with Gasteiger partial charge in [0.25, 0.3) is 5.56 Å². The van der Waals surface area contributed by atoms with Crippen molar-refractivity contribution in [3.8, 4) is 0 Å². The summed E-state index contributed by atoms with van der Waals surface area (Å²) < 4.78 is 62.5. The van der Waals surface area contributed by atoms with Crippen LogP contribution in [0.25, 0.3) is 0 Å². The molecule has 0 fully saturated rings. The van der Waals surface area contributed by atoms with Crippen LogP contribution in [0.4, 0.5) is 13.2 Å². The first-order valence-corrected chi connectivity index (χ1v) is 8.88. The first-order valence-electron chi connectivity index (χ1n) is 6.23. The van der Waals surface area contributed by atoms with Crippen molar-refractivity contribution in [1.29, 1.82) is 0 Å². The van der Waals surface area contributed by atoms with Gasteiger partial charge in [-0.3, -0.25) is 9.36 Å². The van der Waals surface area contributed by atoms with Gasteiger partial charge in [0.05, 0.1) is 16.6 Å². The molecule has 1 aromatic heterocycles. The van der Waals surface area contributed by atoms with Crippen LogP contribution in [-0.2, 0) is 22.6 Å². The van der Waals surface area contributed by atoms with Gasteiger partial charge in [0, 0.05) is 12.3 Å². The molecule has 5 nitrogen and oxygen atoms in total. The molecule has 0 aliphatic rings. The van der Waals surface area contributed by atoms with E-state index in [1.807, 2.05) is 0 Å². The SMILES string of the molecule is CS(=O)(=O)c1nc(C(F)(F)F)cc(=O)n1Cc1cccc(Cl)c1Cl. The van der Waals surface area contributed by atoms with Crippen LogP contribution in [0.5, 0.6) is 0 Å². The molecule has 130 valence electrons. The Balaban J connectivity index is 2.70. The Morgan fingerprint density at radius 1 is 1.25 bits per heavy atom. The van der Waals surface area contributed by atoms with E-state index in [4.69, 9.17) is 23.2 Å². The number of hydrogen-bond acceptors (Lipinski definition) is 4. The second kappa shape index (κ2) is 6.38. The second-order valence-electron chi connectivity index (χ2n) is 4.83. The molecule has 0 bridgehead atoms. The average molecular weight is 401 g/mol. The summed E-state index contributed by atoms with van der Waals surface area (Å²) in [5.74, 6) is 0. The Bertz CT molecular complexity index is 956. The van der Waals surface area contributed by atoms with E-state index in [0.717, 1.165) is 0 Å². The van der Waals surface area contributed by atoms with Gasteiger partial charge < -0.3 is 0 Å². The predicted octanol–water partition coefficient (Wildman–Crippen LogP) is 3.02. The summed E-state index contributed by atoms with van der Waals surface area (Å²) in [6.45, 7) is -0.397. The highest BCUT2D eigenvalue weighted by Gasteiger charge is 2.35. The zero-order valence-corrected chi connectivity index (χ0v) is 14.3. The Hall–Kier alpha value is -1.58. The normalized spacial score (nSPS) is 12.4. The lowest BCUT2D eigenvalue weighted by molar-refractivity contribution is -0.141. The molecule has 0 N–H and O–H groups in total. The van der Waals surface area contributed by atoms with Gasteiger partial charge in [0.15, 0.2) is 5.69 Å². The van der Waals surface area contributed by atoms with Crippen LogP contribution in [-0.4, -0.2) is 24.2 Å². The maximum Gasteiger partial charge on any atom is 0.433 e. The maximum atomic E-state index is 12.8. The van der Waals surface area contributed by atoms with Crippen LogP contribution in [0.3, 0.4) is 0 Å². The summed E-state index contributed by atoms with van der Waals surface area (Å²) in [5, 5.41) is -0.785. The van der Waals surface area contributed by atoms with Crippen molar-refractivity contribution in [2.45, 2.75) is 17.9 Å². The zero-order valence-electron chi connectivity index (χ0n) is 11.9. The first-order chi connectivity index (χ1) is 10.9. The molecule has 0 spiro atoms. The lowest BCUT2D eigenvalue weighted by Gasteiger charge is -2.14. The number of rotatable bonds is 3. The molecule has 24 heavy (non-hydrogen) atoms. The lowest BCUT2D eigenvalue weighted by Crippen LogP contribution is -2.30. The summed E-state index contributed by atoms with van der Waals surface area (Å²) in [7, 11) is -4.21. The van der Waals surface area contributed by atoms with Crippen molar-refractivity contribution in [2.24, 2.45) is 0 Å². The van der Waals surface area contributed by atoms with Crippen LogP contribution in [0.1, 0.15) is 11.3 Å². The number of benzene rings is 1. The van der Waals surface area contributed by atoms with E-state index in [1.165, 1.54) is 18.2 Å². The molecule has 0 radical (unpaired) electrons. The standard InChI is InChI=1S/C13H9Cl2F3N2O3S/c1-24(22,23)12-19-9(13(16,17)18)5-10(21)20(12)6-7-3-2-4-8(14)11(7)15/h2-5H,6H2,1H3. The second-order valence-corrected chi connectivity index (χ2v) is 7.53. The molecular formula is C13H9Cl2F3N2O3S. The predicted molar refractivity (Wildman–Crippen MR) is 82.2 cm³/mol. The van der Waals surface area contributed by atoms with E-state index < -0.39 is 39.0 Å². The summed E-state index contributed by atoms with van der Waals surface area (Å²) >= 11 is 11.8. The number of sulfone groups is 1. The van der Waals surface area contributed by atoms with Crippen molar-refractivity contribution in [2.75, 3.05) is 6.26 Å². The number of hydrogen-bond donors (Lipinski definition) is 0. The van der Waals surface area contributed by atoms with Crippen LogP contribution in [0.2, 0.25) is 10.0 Å². The average Bonchev–Trinajstić information content (AvgIpc) is 2.43. The van der Waals surface area contributed by atoms with E-state index in [2.05, 4.69) is 4.98 Å². The Labute approximate surface area is 144 Å². The van der Waals surface area contributed by atoms with E-state index in [9.17, 15) is 26.4 Å². The highest BCUT2D eigenvalue weighted by atomic mass is 35.5. The van der Waals surface area contributed by atoms with Gasteiger partial charge in [-0.15, -0.1) is 0 Å². The Morgan fingerprint density at radius 2 is 1.88 bits per heavy atom. The fraction of sp³-hybridized carbons (Fsp3) is 0.231. The number of aromatic nitrogens is 2. The van der Waals surface area contributed by atoms with Gasteiger partial charge in [-0.05, 0) is 11.6 Å². The molecule has 0 amide bonds. The molecule has 0 aliphatic carbocycles. The van der Waals surface area contributed by atoms with Crippen molar-refractivity contribution >= 4 is 33.0 Å². The molecule has 0 saturated heterocycles. The minimum atomic E-state index is -4.95. The van der Waals surface area contributed by atoms with Gasteiger partial charge in [0.2, 0.25) is 15.0 Å². The van der Waals surface area contributed by atoms with Gasteiger partial charge in [-0.1, -0.05) is 35.3 Å². The third-order valence-electron chi connectivity index (χ3n) is 2.96. The van der Waals surface area contributed by atoms with Crippen molar-refractivity contribution < 1.29 is 21.6 Å². The maximum absolute atomic E-state index is 12.8. The summed E-state index contributed by atoms with van der Waals surface area (Å²) in [6.07, 6.45) is -4.30. The first kappa shape index (κ1) is 18.8. The summed E-state index contributed by atoms with van der Waals surface area (Å²) in [4.78, 5) is 15.1. The third-order valence-corrected chi connectivity index (χ3v) is 4.79. The van der Waals surface area contributed by atoms with Crippen LogP contribution in [0, 0.1) is 0 Å². The lowest BCUT2D eigenvalue weighted by atomic mass is 10.2. The number of halogens is 5. The quantitative estimate of drug-likeness (QED) is 0.742. The van der Waals surface area contributed by atoms with Crippen molar-refractivity contribution in [3.05, 3.63) is 55.9 Å². The molecule has 1 heterocycles. The minimum Gasteiger partial charge on any atom is -0.279 e. The molecular weight excluding hydrogens is 392 g/mol. The fourth-order valence-electron chi connectivity index (χ4n) is 1.90. The molecule has 2 rings (SSSR count). The van der Waals surface area contributed by atoms with Crippen molar-refractivity contribution in [3.63, 3.8) is 0 Å². The molecule has 2 aromatic rings. The minimum absolute atomic E-state index is 0.0606. The largest absolute Gasteiger partial charge is 0.433 e. The van der Waals surface area contributed by atoms with Gasteiger partial charge in [-0.25, -0.2) is 13.4 Å². The monoisotopic (exact) mass is 400 g/mol. The van der Waals surface area contributed by atoms with E-state index >= 15 is 0 Å². The molecule has 0 saturated carbocycles. The topological polar surface area (TPSA) is 69.0 Å². The van der Waals surface area contributed by atoms with Gasteiger partial charge >= 0.3 is 6.18 Å². The van der Waals surface area contributed by atoms with E-state index in [1.54, 1.807) is 0 Å². The number of nitrogens with zero attached hydrogens (tertiary/aromatic N) is 2. The van der Waals surface area contributed by atoms with Crippen LogP contribution >= 0.6 is 23.2 Å². The Morgan fingerprint density at radius 3 is 2.42 bits per heavy atom. The van der Waals surface area contributed by atoms with Gasteiger partial charge in [0.1, 0.15) is 0 Å². The summed E-state index contributed by atoms with van der Waals surface area (Å²) in [6, 6.07) is 4.67. The molecule has 0 aliphatic heterocycles. The van der Waals surface area contributed by atoms with Gasteiger partial charge in [-0.2, -0.15) is 13.2 Å². The fourth-order valence-corrected chi connectivity index (χ4v) is 3.10. The molecule has 1 aromatic carbocycles. The highest BCUT2D eigenvalue weighted by molar-refractivity contribution is 7.90.